The van der Waals surface area contributed by atoms with E-state index in [4.69, 9.17) is 61.6 Å². The molecule has 2 amide bonds. The number of ether oxygens (including phenoxy) is 13. The van der Waals surface area contributed by atoms with E-state index in [1.54, 1.807) is 0 Å². The first-order valence-electron chi connectivity index (χ1n) is 16.4. The van der Waals surface area contributed by atoms with Crippen LogP contribution in [0.25, 0.3) is 0 Å². The highest BCUT2D eigenvalue weighted by atomic mass is 16.6. The van der Waals surface area contributed by atoms with Crippen LogP contribution in [0.4, 0.5) is 0 Å². The molecule has 0 aromatic rings. The molecule has 0 unspecified atom stereocenters. The number of rotatable bonds is 40. The van der Waals surface area contributed by atoms with Gasteiger partial charge in [-0.15, -0.1) is 0 Å². The fourth-order valence-electron chi connectivity index (χ4n) is 3.52. The third-order valence-corrected chi connectivity index (χ3v) is 5.92. The molecule has 0 fully saturated rings. The highest BCUT2D eigenvalue weighted by molar-refractivity contribution is 6.12. The second-order valence-electron chi connectivity index (χ2n) is 9.55. The van der Waals surface area contributed by atoms with E-state index in [2.05, 4.69) is 6.58 Å². The molecule has 1 aliphatic rings. The molecule has 1 heterocycles. The summed E-state index contributed by atoms with van der Waals surface area (Å²) in [5, 5.41) is 0. The minimum absolute atomic E-state index is 0.238. The van der Waals surface area contributed by atoms with E-state index in [-0.39, 0.29) is 25.0 Å². The van der Waals surface area contributed by atoms with Crippen LogP contribution in [0.3, 0.4) is 0 Å². The van der Waals surface area contributed by atoms with Crippen molar-refractivity contribution in [1.29, 1.82) is 0 Å². The third-order valence-electron chi connectivity index (χ3n) is 5.92. The van der Waals surface area contributed by atoms with E-state index in [0.29, 0.717) is 159 Å². The highest BCUT2D eigenvalue weighted by Crippen LogP contribution is 2.02. The van der Waals surface area contributed by atoms with E-state index >= 15 is 0 Å². The van der Waals surface area contributed by atoms with Gasteiger partial charge in [-0.05, 0) is 0 Å². The largest absolute Gasteiger partial charge is 0.499 e. The van der Waals surface area contributed by atoms with Crippen molar-refractivity contribution in [3.8, 4) is 0 Å². The topological polar surface area (TPSA) is 157 Å². The van der Waals surface area contributed by atoms with Gasteiger partial charge < -0.3 is 61.6 Å². The van der Waals surface area contributed by atoms with E-state index in [1.165, 1.54) is 18.4 Å². The van der Waals surface area contributed by atoms with Crippen molar-refractivity contribution in [2.75, 3.05) is 172 Å². The van der Waals surface area contributed by atoms with Crippen molar-refractivity contribution in [3.63, 3.8) is 0 Å². The molecular formula is C32H57NO15. The van der Waals surface area contributed by atoms with E-state index in [1.807, 2.05) is 0 Å². The maximum absolute atomic E-state index is 11.4. The van der Waals surface area contributed by atoms with Crippen LogP contribution in [0, 0.1) is 0 Å². The van der Waals surface area contributed by atoms with Crippen molar-refractivity contribution in [2.24, 2.45) is 0 Å². The number of hydrogen-bond donors (Lipinski definition) is 0. The van der Waals surface area contributed by atoms with E-state index in [0.717, 1.165) is 4.90 Å². The van der Waals surface area contributed by atoms with Gasteiger partial charge in [0.05, 0.1) is 171 Å². The first-order chi connectivity index (χ1) is 23.8. The summed E-state index contributed by atoms with van der Waals surface area (Å²) in [5.74, 6) is -0.616. The Bertz CT molecular complexity index is 756. The van der Waals surface area contributed by atoms with Gasteiger partial charge in [-0.2, -0.15) is 0 Å². The number of nitrogens with zero attached hydrogens (tertiary/aromatic N) is 1. The highest BCUT2D eigenvalue weighted by Gasteiger charge is 2.22. The second-order valence-corrected chi connectivity index (χ2v) is 9.55. The Hall–Kier alpha value is -2.06. The smallest absolute Gasteiger partial charge is 0.253 e. The lowest BCUT2D eigenvalue weighted by Gasteiger charge is -2.13. The molecule has 0 aromatic heterocycles. The second kappa shape index (κ2) is 36.2. The number of hydrogen-bond acceptors (Lipinski definition) is 15. The fourth-order valence-corrected chi connectivity index (χ4v) is 3.52. The average Bonchev–Trinajstić information content (AvgIpc) is 3.41. The predicted molar refractivity (Wildman–Crippen MR) is 172 cm³/mol. The van der Waals surface area contributed by atoms with Crippen LogP contribution < -0.4 is 0 Å². The lowest BCUT2D eigenvalue weighted by atomic mass is 10.5. The van der Waals surface area contributed by atoms with Gasteiger partial charge in [0.25, 0.3) is 11.8 Å². The summed E-state index contributed by atoms with van der Waals surface area (Å²) < 4.78 is 70.1. The van der Waals surface area contributed by atoms with Gasteiger partial charge >= 0.3 is 0 Å². The first kappa shape index (κ1) is 44.0. The molecule has 0 aromatic carbocycles. The lowest BCUT2D eigenvalue weighted by molar-refractivity contribution is -0.137. The molecule has 280 valence electrons. The zero-order chi connectivity index (χ0) is 34.4. The monoisotopic (exact) mass is 695 g/mol. The first-order valence-corrected chi connectivity index (χ1v) is 16.4. The number of carbonyl (C=O) groups is 2. The normalized spacial score (nSPS) is 12.9. The fraction of sp³-hybridized carbons (Fsp3) is 0.812. The molecule has 0 saturated heterocycles. The van der Waals surface area contributed by atoms with Crippen molar-refractivity contribution in [1.82, 2.24) is 4.90 Å². The van der Waals surface area contributed by atoms with Crippen LogP contribution in [0.2, 0.25) is 0 Å². The Labute approximate surface area is 284 Å². The molecule has 0 saturated carbocycles. The van der Waals surface area contributed by atoms with Crippen molar-refractivity contribution in [2.45, 2.75) is 0 Å². The minimum atomic E-state index is -0.308. The third kappa shape index (κ3) is 30.0. The standard InChI is InChI=1S/C32H57NO15/c1-2-36-7-8-38-11-12-40-15-16-42-19-20-44-23-24-46-27-28-48-30-29-47-26-25-45-22-21-43-18-17-41-14-13-39-10-9-37-6-5-33-31(34)3-4-32(33)35/h2-4H,1,5-30H2. The summed E-state index contributed by atoms with van der Waals surface area (Å²) in [6.07, 6.45) is 3.90. The molecule has 0 aliphatic carbocycles. The van der Waals surface area contributed by atoms with Crippen LogP contribution in [-0.4, -0.2) is 188 Å². The van der Waals surface area contributed by atoms with Crippen LogP contribution in [-0.2, 0) is 71.2 Å². The van der Waals surface area contributed by atoms with Gasteiger partial charge in [-0.1, -0.05) is 6.58 Å². The quantitative estimate of drug-likeness (QED) is 0.0489. The summed E-state index contributed by atoms with van der Waals surface area (Å²) in [6.45, 7) is 15.5. The zero-order valence-electron chi connectivity index (χ0n) is 28.4. The predicted octanol–water partition coefficient (Wildman–Crippen LogP) is 0.271. The SMILES string of the molecule is C=COCCOCCOCCOCCOCCOCCOCCOCCOCCOCCOCCOCCOCCN1C(=O)C=CC1=O. The zero-order valence-corrected chi connectivity index (χ0v) is 28.4. The molecular weight excluding hydrogens is 638 g/mol. The Morgan fingerprint density at radius 1 is 0.375 bits per heavy atom. The van der Waals surface area contributed by atoms with E-state index < -0.39 is 0 Å². The molecule has 0 bridgehead atoms. The lowest BCUT2D eigenvalue weighted by Crippen LogP contribution is -2.33. The molecule has 48 heavy (non-hydrogen) atoms. The van der Waals surface area contributed by atoms with Gasteiger partial charge in [0.2, 0.25) is 0 Å². The Morgan fingerprint density at radius 3 is 0.812 bits per heavy atom. The number of imide groups is 1. The maximum Gasteiger partial charge on any atom is 0.253 e. The van der Waals surface area contributed by atoms with Gasteiger partial charge in [-0.3, -0.25) is 14.5 Å². The van der Waals surface area contributed by atoms with Crippen LogP contribution >= 0.6 is 0 Å². The van der Waals surface area contributed by atoms with Crippen LogP contribution in [0.5, 0.6) is 0 Å². The number of carbonyl (C=O) groups excluding carboxylic acids is 2. The van der Waals surface area contributed by atoms with Crippen molar-refractivity contribution < 1.29 is 71.2 Å². The molecule has 16 nitrogen and oxygen atoms in total. The average molecular weight is 696 g/mol. The van der Waals surface area contributed by atoms with Gasteiger partial charge in [-0.25, -0.2) is 0 Å². The Balaban J connectivity index is 1.61. The molecule has 0 spiro atoms. The maximum atomic E-state index is 11.4. The Kier molecular flexibility index (Phi) is 33.2. The van der Waals surface area contributed by atoms with Crippen molar-refractivity contribution >= 4 is 11.8 Å². The summed E-state index contributed by atoms with van der Waals surface area (Å²) in [5.41, 5.74) is 0. The van der Waals surface area contributed by atoms with Gasteiger partial charge in [0.1, 0.15) is 6.61 Å². The molecule has 1 aliphatic heterocycles. The minimum Gasteiger partial charge on any atom is -0.499 e. The molecule has 16 heteroatoms. The summed E-state index contributed by atoms with van der Waals surface area (Å²) in [6, 6.07) is 0. The summed E-state index contributed by atoms with van der Waals surface area (Å²) in [4.78, 5) is 23.9. The van der Waals surface area contributed by atoms with Gasteiger partial charge in [0.15, 0.2) is 0 Å². The summed E-state index contributed by atoms with van der Waals surface area (Å²) >= 11 is 0. The van der Waals surface area contributed by atoms with E-state index in [9.17, 15) is 9.59 Å². The molecule has 0 atom stereocenters. The summed E-state index contributed by atoms with van der Waals surface area (Å²) in [7, 11) is 0. The van der Waals surface area contributed by atoms with Gasteiger partial charge in [0, 0.05) is 12.2 Å². The van der Waals surface area contributed by atoms with Crippen LogP contribution in [0.1, 0.15) is 0 Å². The number of amides is 2. The molecule has 0 N–H and O–H groups in total. The van der Waals surface area contributed by atoms with Crippen molar-refractivity contribution in [3.05, 3.63) is 25.0 Å². The molecule has 1 rings (SSSR count). The molecule has 0 radical (unpaired) electrons. The van der Waals surface area contributed by atoms with Crippen LogP contribution in [0.15, 0.2) is 25.0 Å². The Morgan fingerprint density at radius 2 is 0.583 bits per heavy atom.